The maximum atomic E-state index is 13.4. The first-order chi connectivity index (χ1) is 14.5. The van der Waals surface area contributed by atoms with Crippen LogP contribution in [0.25, 0.3) is 11.0 Å². The number of aromatic nitrogens is 2. The molecule has 1 amide bonds. The lowest BCUT2D eigenvalue weighted by atomic mass is 10.1. The monoisotopic (exact) mass is 424 g/mol. The number of hydrogen-bond donors (Lipinski definition) is 1. The zero-order valence-corrected chi connectivity index (χ0v) is 17.4. The standard InChI is InChI=1S/C22H24N4O3S/c27-22(16-7-5-8-17(15-16)26-13-3-4-14-30(26,28)29)25-12-6-11-20(25)21-23-18-9-1-2-10-19(18)24-21/h1-2,5,7-10,15,20H,3-4,6,11-14H2,(H,23,24)/t20-/m0/s1. The van der Waals surface area contributed by atoms with Crippen molar-refractivity contribution in [2.45, 2.75) is 31.7 Å². The van der Waals surface area contributed by atoms with E-state index >= 15 is 0 Å². The van der Waals surface area contributed by atoms with Crippen LogP contribution in [0.4, 0.5) is 5.69 Å². The molecule has 2 fully saturated rings. The predicted molar refractivity (Wildman–Crippen MR) is 116 cm³/mol. The summed E-state index contributed by atoms with van der Waals surface area (Å²) >= 11 is 0. The van der Waals surface area contributed by atoms with Gasteiger partial charge >= 0.3 is 0 Å². The Kier molecular flexibility index (Phi) is 4.73. The van der Waals surface area contributed by atoms with E-state index < -0.39 is 10.0 Å². The van der Waals surface area contributed by atoms with Crippen LogP contribution in [-0.2, 0) is 10.0 Å². The summed E-state index contributed by atoms with van der Waals surface area (Å²) in [6, 6.07) is 14.7. The number of carbonyl (C=O) groups is 1. The van der Waals surface area contributed by atoms with Crippen molar-refractivity contribution in [2.24, 2.45) is 0 Å². The van der Waals surface area contributed by atoms with Gasteiger partial charge in [0.2, 0.25) is 10.0 Å². The third-order valence-electron chi connectivity index (χ3n) is 5.97. The molecule has 0 unspecified atom stereocenters. The van der Waals surface area contributed by atoms with Crippen molar-refractivity contribution in [2.75, 3.05) is 23.1 Å². The van der Waals surface area contributed by atoms with Crippen LogP contribution < -0.4 is 4.31 Å². The zero-order chi connectivity index (χ0) is 20.7. The molecule has 0 spiro atoms. The van der Waals surface area contributed by atoms with Gasteiger partial charge in [-0.15, -0.1) is 0 Å². The molecule has 1 aromatic heterocycles. The van der Waals surface area contributed by atoms with Gasteiger partial charge in [-0.3, -0.25) is 9.10 Å². The highest BCUT2D eigenvalue weighted by molar-refractivity contribution is 7.92. The van der Waals surface area contributed by atoms with Crippen LogP contribution >= 0.6 is 0 Å². The van der Waals surface area contributed by atoms with E-state index in [2.05, 4.69) is 4.98 Å². The molecule has 2 saturated heterocycles. The number of para-hydroxylation sites is 2. The van der Waals surface area contributed by atoms with Crippen molar-refractivity contribution in [1.29, 1.82) is 0 Å². The average Bonchev–Trinajstić information content (AvgIpc) is 3.39. The van der Waals surface area contributed by atoms with Crippen LogP contribution in [0, 0.1) is 0 Å². The van der Waals surface area contributed by atoms with Crippen molar-refractivity contribution in [1.82, 2.24) is 14.9 Å². The predicted octanol–water partition coefficient (Wildman–Crippen LogP) is 3.47. The molecule has 0 aliphatic carbocycles. The summed E-state index contributed by atoms with van der Waals surface area (Å²) in [4.78, 5) is 23.3. The molecule has 0 radical (unpaired) electrons. The Bertz CT molecular complexity index is 1170. The normalized spacial score (nSPS) is 21.3. The van der Waals surface area contributed by atoms with Gasteiger partial charge in [0, 0.05) is 18.7 Å². The Morgan fingerprint density at radius 1 is 1.03 bits per heavy atom. The lowest BCUT2D eigenvalue weighted by Gasteiger charge is -2.29. The number of fused-ring (bicyclic) bond motifs is 1. The first kappa shape index (κ1) is 19.1. The maximum absolute atomic E-state index is 13.4. The average molecular weight is 425 g/mol. The van der Waals surface area contributed by atoms with Crippen LogP contribution in [-0.4, -0.2) is 48.0 Å². The van der Waals surface area contributed by atoms with Crippen LogP contribution in [0.3, 0.4) is 0 Å². The Balaban J connectivity index is 1.44. The molecule has 1 N–H and O–H groups in total. The number of anilines is 1. The molecule has 0 bridgehead atoms. The summed E-state index contributed by atoms with van der Waals surface area (Å²) in [6.45, 7) is 1.12. The number of likely N-dealkylation sites (tertiary alicyclic amines) is 1. The summed E-state index contributed by atoms with van der Waals surface area (Å²) in [6.07, 6.45) is 3.28. The highest BCUT2D eigenvalue weighted by Gasteiger charge is 2.33. The van der Waals surface area contributed by atoms with Gasteiger partial charge in [-0.2, -0.15) is 0 Å². The minimum atomic E-state index is -3.31. The van der Waals surface area contributed by atoms with E-state index in [9.17, 15) is 13.2 Å². The third-order valence-corrected chi connectivity index (χ3v) is 7.84. The molecule has 0 saturated carbocycles. The highest BCUT2D eigenvalue weighted by atomic mass is 32.2. The number of nitrogens with one attached hydrogen (secondary N) is 1. The van der Waals surface area contributed by atoms with Gasteiger partial charge in [-0.05, 0) is 56.0 Å². The van der Waals surface area contributed by atoms with E-state index in [-0.39, 0.29) is 17.7 Å². The number of benzene rings is 2. The largest absolute Gasteiger partial charge is 0.340 e. The smallest absolute Gasteiger partial charge is 0.254 e. The van der Waals surface area contributed by atoms with Crippen LogP contribution in [0.15, 0.2) is 48.5 Å². The molecule has 30 heavy (non-hydrogen) atoms. The summed E-state index contributed by atoms with van der Waals surface area (Å²) in [7, 11) is -3.31. The number of carbonyl (C=O) groups excluding carboxylic acids is 1. The molecule has 5 rings (SSSR count). The molecule has 7 nitrogen and oxygen atoms in total. The number of nitrogens with zero attached hydrogens (tertiary/aromatic N) is 3. The number of sulfonamides is 1. The van der Waals surface area contributed by atoms with Crippen LogP contribution in [0.1, 0.15) is 47.9 Å². The molecular weight excluding hydrogens is 400 g/mol. The van der Waals surface area contributed by atoms with Crippen molar-refractivity contribution in [3.05, 3.63) is 59.9 Å². The van der Waals surface area contributed by atoms with Crippen LogP contribution in [0.2, 0.25) is 0 Å². The first-order valence-corrected chi connectivity index (χ1v) is 12.0. The van der Waals surface area contributed by atoms with Crippen LogP contribution in [0.5, 0.6) is 0 Å². The van der Waals surface area contributed by atoms with Crippen molar-refractivity contribution < 1.29 is 13.2 Å². The van der Waals surface area contributed by atoms with Gasteiger partial charge in [-0.1, -0.05) is 18.2 Å². The zero-order valence-electron chi connectivity index (χ0n) is 16.6. The van der Waals surface area contributed by atoms with Gasteiger partial charge in [-0.25, -0.2) is 13.4 Å². The second kappa shape index (κ2) is 7.43. The van der Waals surface area contributed by atoms with E-state index in [4.69, 9.17) is 4.98 Å². The summed E-state index contributed by atoms with van der Waals surface area (Å²) < 4.78 is 26.4. The third kappa shape index (κ3) is 3.35. The summed E-state index contributed by atoms with van der Waals surface area (Å²) in [5.41, 5.74) is 2.93. The van der Waals surface area contributed by atoms with E-state index in [1.807, 2.05) is 29.2 Å². The molecule has 2 aliphatic rings. The summed E-state index contributed by atoms with van der Waals surface area (Å²) in [5, 5.41) is 0. The second-order valence-corrected chi connectivity index (χ2v) is 9.95. The van der Waals surface area contributed by atoms with Crippen molar-refractivity contribution >= 4 is 32.7 Å². The van der Waals surface area contributed by atoms with E-state index in [1.54, 1.807) is 24.3 Å². The fourth-order valence-corrected chi connectivity index (χ4v) is 6.09. The van der Waals surface area contributed by atoms with Gasteiger partial charge in [0.1, 0.15) is 5.82 Å². The highest BCUT2D eigenvalue weighted by Crippen LogP contribution is 2.33. The minimum Gasteiger partial charge on any atom is -0.340 e. The van der Waals surface area contributed by atoms with Gasteiger partial charge in [0.25, 0.3) is 5.91 Å². The molecule has 2 aromatic carbocycles. The lowest BCUT2D eigenvalue weighted by molar-refractivity contribution is 0.0730. The Morgan fingerprint density at radius 3 is 2.73 bits per heavy atom. The fourth-order valence-electron chi connectivity index (χ4n) is 4.46. The van der Waals surface area contributed by atoms with Crippen molar-refractivity contribution in [3.8, 4) is 0 Å². The maximum Gasteiger partial charge on any atom is 0.254 e. The topological polar surface area (TPSA) is 86.4 Å². The fraction of sp³-hybridized carbons (Fsp3) is 0.364. The molecule has 3 heterocycles. The number of rotatable bonds is 3. The second-order valence-electron chi connectivity index (χ2n) is 7.94. The number of imidazole rings is 1. The molecule has 156 valence electrons. The number of H-pyrrole nitrogens is 1. The van der Waals surface area contributed by atoms with Gasteiger partial charge < -0.3 is 9.88 Å². The number of hydrogen-bond acceptors (Lipinski definition) is 4. The van der Waals surface area contributed by atoms with E-state index in [1.165, 1.54) is 4.31 Å². The van der Waals surface area contributed by atoms with E-state index in [0.717, 1.165) is 36.1 Å². The molecule has 8 heteroatoms. The number of amides is 1. The van der Waals surface area contributed by atoms with E-state index in [0.29, 0.717) is 30.8 Å². The Hall–Kier alpha value is -2.87. The molecule has 3 aromatic rings. The Morgan fingerprint density at radius 2 is 1.90 bits per heavy atom. The lowest BCUT2D eigenvalue weighted by Crippen LogP contribution is -2.38. The quantitative estimate of drug-likeness (QED) is 0.698. The minimum absolute atomic E-state index is 0.0887. The molecule has 1 atom stereocenters. The Labute approximate surface area is 175 Å². The molecule has 2 aliphatic heterocycles. The number of aromatic amines is 1. The molecular formula is C22H24N4O3S. The summed E-state index contributed by atoms with van der Waals surface area (Å²) in [5.74, 6) is 0.872. The van der Waals surface area contributed by atoms with Crippen molar-refractivity contribution in [3.63, 3.8) is 0 Å². The SMILES string of the molecule is O=C(c1cccc(N2CCCCS2(=O)=O)c1)N1CCC[C@H]1c1nc2ccccc2[nH]1. The van der Waals surface area contributed by atoms with Gasteiger partial charge in [0.15, 0.2) is 0 Å². The van der Waals surface area contributed by atoms with Gasteiger partial charge in [0.05, 0.1) is 28.5 Å². The first-order valence-electron chi connectivity index (χ1n) is 10.4.